The van der Waals surface area contributed by atoms with E-state index < -0.39 is 17.9 Å². The fourth-order valence-electron chi connectivity index (χ4n) is 5.43. The lowest BCUT2D eigenvalue weighted by Crippen LogP contribution is -2.29. The Morgan fingerprint density at radius 3 is 2.45 bits per heavy atom. The fraction of sp³-hybridized carbons (Fsp3) is 0.152. The molecule has 0 fully saturated rings. The largest absolute Gasteiger partial charge is 0.497 e. The first-order valence-electron chi connectivity index (χ1n) is 13.3. The second-order valence-electron chi connectivity index (χ2n) is 10.00. The van der Waals surface area contributed by atoms with Gasteiger partial charge in [0.2, 0.25) is 0 Å². The number of ether oxygens (including phenoxy) is 2. The van der Waals surface area contributed by atoms with Gasteiger partial charge in [-0.15, -0.1) is 0 Å². The summed E-state index contributed by atoms with van der Waals surface area (Å²) in [4.78, 5) is 42.3. The fourth-order valence-corrected chi connectivity index (χ4v) is 6.20. The molecule has 0 radical (unpaired) electrons. The Morgan fingerprint density at radius 1 is 0.976 bits per heavy atom. The van der Waals surface area contributed by atoms with E-state index in [0.717, 1.165) is 26.8 Å². The summed E-state index contributed by atoms with van der Waals surface area (Å²) in [6, 6.07) is 25.5. The van der Waals surface area contributed by atoms with E-state index in [0.29, 0.717) is 29.1 Å². The number of amides is 2. The van der Waals surface area contributed by atoms with Crippen molar-refractivity contribution in [2.24, 2.45) is 0 Å². The minimum absolute atomic E-state index is 0.165. The molecule has 0 spiro atoms. The molecule has 8 nitrogen and oxygen atoms in total. The highest BCUT2D eigenvalue weighted by Gasteiger charge is 2.41. The molecule has 210 valence electrons. The number of carbonyl (C=O) groups is 3. The molecule has 1 atom stereocenters. The van der Waals surface area contributed by atoms with Gasteiger partial charge in [-0.05, 0) is 65.5 Å². The van der Waals surface area contributed by atoms with Crippen LogP contribution in [0.3, 0.4) is 0 Å². The van der Waals surface area contributed by atoms with E-state index in [1.54, 1.807) is 24.1 Å². The van der Waals surface area contributed by atoms with Crippen LogP contribution in [0, 0.1) is 6.92 Å². The van der Waals surface area contributed by atoms with Crippen LogP contribution in [0.5, 0.6) is 5.75 Å². The molecule has 6 rings (SSSR count). The van der Waals surface area contributed by atoms with Crippen molar-refractivity contribution in [3.8, 4) is 5.75 Å². The molecule has 4 aromatic carbocycles. The zero-order valence-corrected chi connectivity index (χ0v) is 24.0. The van der Waals surface area contributed by atoms with E-state index in [4.69, 9.17) is 9.47 Å². The van der Waals surface area contributed by atoms with Crippen LogP contribution >= 0.6 is 11.5 Å². The molecule has 0 saturated heterocycles. The zero-order valence-electron chi connectivity index (χ0n) is 23.2. The normalized spacial score (nSPS) is 14.1. The molecular formula is C33H27N3O5S. The molecule has 0 bridgehead atoms. The van der Waals surface area contributed by atoms with Crippen LogP contribution in [0.25, 0.3) is 10.1 Å². The van der Waals surface area contributed by atoms with Crippen LogP contribution in [0.1, 0.15) is 59.5 Å². The average molecular weight is 578 g/mol. The summed E-state index contributed by atoms with van der Waals surface area (Å²) in [5, 5.41) is 3.73. The lowest BCUT2D eigenvalue weighted by molar-refractivity contribution is 0.0600. The van der Waals surface area contributed by atoms with E-state index >= 15 is 0 Å². The van der Waals surface area contributed by atoms with Gasteiger partial charge < -0.3 is 19.7 Å². The molecule has 9 heteroatoms. The van der Waals surface area contributed by atoms with Crippen LogP contribution in [0.2, 0.25) is 0 Å². The number of benzene rings is 4. The third-order valence-electron chi connectivity index (χ3n) is 7.51. The van der Waals surface area contributed by atoms with Crippen molar-refractivity contribution in [2.45, 2.75) is 19.5 Å². The highest BCUT2D eigenvalue weighted by atomic mass is 32.1. The van der Waals surface area contributed by atoms with Gasteiger partial charge in [0.25, 0.3) is 11.8 Å². The molecule has 2 heterocycles. The molecule has 1 aromatic heterocycles. The number of anilines is 1. The SMILES string of the molecule is COC(=O)c1cc(NC(=O)c2nsc3ccccc23)c2c(c1)C(=O)N(Cc1ccc(OC)cc1)C2c1ccccc1C. The van der Waals surface area contributed by atoms with Gasteiger partial charge in [0.1, 0.15) is 11.4 Å². The Balaban J connectivity index is 1.50. The van der Waals surface area contributed by atoms with Gasteiger partial charge >= 0.3 is 5.97 Å². The number of fused-ring (bicyclic) bond motifs is 2. The first-order valence-corrected chi connectivity index (χ1v) is 14.1. The molecule has 1 unspecified atom stereocenters. The maximum Gasteiger partial charge on any atom is 0.337 e. The summed E-state index contributed by atoms with van der Waals surface area (Å²) in [6.07, 6.45) is 0. The Bertz CT molecular complexity index is 1850. The molecule has 42 heavy (non-hydrogen) atoms. The van der Waals surface area contributed by atoms with Gasteiger partial charge in [-0.3, -0.25) is 9.59 Å². The maximum absolute atomic E-state index is 14.1. The van der Waals surface area contributed by atoms with E-state index in [1.165, 1.54) is 18.6 Å². The highest BCUT2D eigenvalue weighted by Crippen LogP contribution is 2.45. The number of methoxy groups -OCH3 is 2. The van der Waals surface area contributed by atoms with E-state index in [2.05, 4.69) is 9.69 Å². The van der Waals surface area contributed by atoms with Crippen LogP contribution in [0.4, 0.5) is 5.69 Å². The third-order valence-corrected chi connectivity index (χ3v) is 8.34. The molecule has 1 N–H and O–H groups in total. The third kappa shape index (κ3) is 4.77. The molecule has 1 aliphatic rings. The van der Waals surface area contributed by atoms with Crippen molar-refractivity contribution in [3.63, 3.8) is 0 Å². The standard InChI is InChI=1S/C33H27N3O5S/c1-19-8-4-5-9-23(19)30-28-25(32(38)36(30)18-20-12-14-22(40-2)15-13-20)16-21(33(39)41-3)17-26(28)34-31(37)29-24-10-6-7-11-27(24)42-35-29/h4-17,30H,18H2,1-3H3,(H,34,37). The first-order chi connectivity index (χ1) is 20.4. The summed E-state index contributed by atoms with van der Waals surface area (Å²) in [7, 11) is 2.89. The number of aryl methyl sites for hydroxylation is 1. The number of hydrogen-bond acceptors (Lipinski definition) is 7. The first kappa shape index (κ1) is 27.2. The molecule has 0 saturated carbocycles. The number of carbonyl (C=O) groups excluding carboxylic acids is 3. The molecule has 1 aliphatic heterocycles. The topological polar surface area (TPSA) is 97.8 Å². The van der Waals surface area contributed by atoms with Crippen molar-refractivity contribution < 1.29 is 23.9 Å². The highest BCUT2D eigenvalue weighted by molar-refractivity contribution is 7.13. The van der Waals surface area contributed by atoms with Gasteiger partial charge in [-0.2, -0.15) is 4.37 Å². The summed E-state index contributed by atoms with van der Waals surface area (Å²) >= 11 is 1.24. The summed E-state index contributed by atoms with van der Waals surface area (Å²) in [5.74, 6) is -0.579. The van der Waals surface area contributed by atoms with Gasteiger partial charge in [-0.1, -0.05) is 54.6 Å². The minimum Gasteiger partial charge on any atom is -0.497 e. The lowest BCUT2D eigenvalue weighted by atomic mass is 9.91. The van der Waals surface area contributed by atoms with Gasteiger partial charge in [-0.25, -0.2) is 4.79 Å². The average Bonchev–Trinajstić information content (AvgIpc) is 3.57. The van der Waals surface area contributed by atoms with E-state index in [-0.39, 0.29) is 17.2 Å². The Labute approximate surface area is 246 Å². The van der Waals surface area contributed by atoms with Gasteiger partial charge in [0, 0.05) is 28.7 Å². The minimum atomic E-state index is -0.610. The summed E-state index contributed by atoms with van der Waals surface area (Å²) in [6.45, 7) is 2.29. The van der Waals surface area contributed by atoms with Crippen LogP contribution < -0.4 is 10.1 Å². The van der Waals surface area contributed by atoms with Gasteiger partial charge in [0.05, 0.1) is 30.5 Å². The quantitative estimate of drug-likeness (QED) is 0.225. The Morgan fingerprint density at radius 2 is 1.71 bits per heavy atom. The van der Waals surface area contributed by atoms with Crippen molar-refractivity contribution in [3.05, 3.63) is 124 Å². The number of nitrogens with zero attached hydrogens (tertiary/aromatic N) is 2. The van der Waals surface area contributed by atoms with Crippen molar-refractivity contribution in [1.29, 1.82) is 0 Å². The monoisotopic (exact) mass is 577 g/mol. The van der Waals surface area contributed by atoms with Crippen molar-refractivity contribution in [1.82, 2.24) is 9.27 Å². The number of esters is 1. The van der Waals surface area contributed by atoms with E-state index in [1.807, 2.05) is 79.7 Å². The Kier molecular flexibility index (Phi) is 7.18. The van der Waals surface area contributed by atoms with Crippen LogP contribution in [0.15, 0.2) is 84.9 Å². The summed E-state index contributed by atoms with van der Waals surface area (Å²) in [5.41, 5.74) is 4.55. The zero-order chi connectivity index (χ0) is 29.4. The molecule has 5 aromatic rings. The number of rotatable bonds is 7. The lowest BCUT2D eigenvalue weighted by Gasteiger charge is -2.28. The molecule has 0 aliphatic carbocycles. The van der Waals surface area contributed by atoms with Crippen LogP contribution in [-0.4, -0.2) is 41.3 Å². The van der Waals surface area contributed by atoms with Crippen LogP contribution in [-0.2, 0) is 11.3 Å². The molecule has 2 amide bonds. The second kappa shape index (κ2) is 11.1. The molecular weight excluding hydrogens is 550 g/mol. The predicted octanol–water partition coefficient (Wildman–Crippen LogP) is 6.40. The number of aromatic nitrogens is 1. The number of hydrogen-bond donors (Lipinski definition) is 1. The smallest absolute Gasteiger partial charge is 0.337 e. The predicted molar refractivity (Wildman–Crippen MR) is 161 cm³/mol. The number of nitrogens with one attached hydrogen (secondary N) is 1. The van der Waals surface area contributed by atoms with Crippen molar-refractivity contribution >= 4 is 45.1 Å². The Hall–Kier alpha value is -5.02. The van der Waals surface area contributed by atoms with Gasteiger partial charge in [0.15, 0.2) is 0 Å². The van der Waals surface area contributed by atoms with E-state index in [9.17, 15) is 14.4 Å². The summed E-state index contributed by atoms with van der Waals surface area (Å²) < 4.78 is 15.6. The van der Waals surface area contributed by atoms with Crippen molar-refractivity contribution in [2.75, 3.05) is 19.5 Å². The maximum atomic E-state index is 14.1. The second-order valence-corrected chi connectivity index (χ2v) is 10.8.